The number of alkyl halides is 1. The van der Waals surface area contributed by atoms with Gasteiger partial charge in [0.05, 0.1) is 0 Å². The van der Waals surface area contributed by atoms with Crippen molar-refractivity contribution in [2.45, 2.75) is 23.7 Å². The van der Waals surface area contributed by atoms with Crippen LogP contribution >= 0.6 is 22.6 Å². The molecule has 3 atom stereocenters. The molecule has 0 aromatic rings. The maximum absolute atomic E-state index is 5.39. The fraction of sp³-hybridized carbons (Fsp3) is 1.00. The van der Waals surface area contributed by atoms with E-state index in [2.05, 4.69) is 29.5 Å². The number of hydrogen-bond acceptors (Lipinski definition) is 1. The van der Waals surface area contributed by atoms with Crippen LogP contribution in [-0.2, 0) is 0 Å². The van der Waals surface area contributed by atoms with Gasteiger partial charge in [0, 0.05) is 3.92 Å². The highest BCUT2D eigenvalue weighted by molar-refractivity contribution is 14.1. The Hall–Kier alpha value is 0.690. The first-order valence-corrected chi connectivity index (χ1v) is 4.86. The second-order valence-electron chi connectivity index (χ2n) is 2.90. The summed E-state index contributed by atoms with van der Waals surface area (Å²) in [6, 6.07) is 0. The first-order chi connectivity index (χ1) is 4.27. The molecular weight excluding hydrogens is 225 g/mol. The highest BCUT2D eigenvalue weighted by atomic mass is 127. The van der Waals surface area contributed by atoms with E-state index in [9.17, 15) is 0 Å². The van der Waals surface area contributed by atoms with Crippen LogP contribution < -0.4 is 5.73 Å². The van der Waals surface area contributed by atoms with Crippen molar-refractivity contribution in [1.29, 1.82) is 0 Å². The number of halogens is 1. The minimum absolute atomic E-state index is 0.868. The zero-order valence-corrected chi connectivity index (χ0v) is 7.97. The molecule has 2 heteroatoms. The molecule has 0 saturated heterocycles. The molecule has 9 heavy (non-hydrogen) atoms. The van der Waals surface area contributed by atoms with Gasteiger partial charge >= 0.3 is 0 Å². The van der Waals surface area contributed by atoms with Gasteiger partial charge in [-0.3, -0.25) is 0 Å². The van der Waals surface area contributed by atoms with Gasteiger partial charge in [0.25, 0.3) is 0 Å². The molecule has 1 saturated carbocycles. The van der Waals surface area contributed by atoms with Gasteiger partial charge in [0.1, 0.15) is 0 Å². The van der Waals surface area contributed by atoms with Gasteiger partial charge in [-0.15, -0.1) is 0 Å². The Morgan fingerprint density at radius 1 is 1.56 bits per heavy atom. The maximum atomic E-state index is 5.39. The lowest BCUT2D eigenvalue weighted by atomic mass is 10.2. The van der Waals surface area contributed by atoms with E-state index in [1.54, 1.807) is 0 Å². The maximum Gasteiger partial charge on any atom is 0.0169 e. The van der Waals surface area contributed by atoms with E-state index in [0.717, 1.165) is 22.3 Å². The summed E-state index contributed by atoms with van der Waals surface area (Å²) in [5.74, 6) is 1.96. The van der Waals surface area contributed by atoms with Crippen LogP contribution in [-0.4, -0.2) is 10.5 Å². The average molecular weight is 239 g/mol. The Labute approximate surface area is 70.5 Å². The van der Waals surface area contributed by atoms with E-state index in [0.29, 0.717) is 0 Å². The fourth-order valence-corrected chi connectivity index (χ4v) is 2.58. The molecule has 0 spiro atoms. The molecule has 0 bridgehead atoms. The van der Waals surface area contributed by atoms with Crippen molar-refractivity contribution in [3.05, 3.63) is 0 Å². The third kappa shape index (κ3) is 1.80. The van der Waals surface area contributed by atoms with Gasteiger partial charge in [0.15, 0.2) is 0 Å². The monoisotopic (exact) mass is 239 g/mol. The first kappa shape index (κ1) is 7.79. The molecule has 0 amide bonds. The van der Waals surface area contributed by atoms with Crippen molar-refractivity contribution >= 4 is 22.6 Å². The van der Waals surface area contributed by atoms with Crippen LogP contribution in [0.3, 0.4) is 0 Å². The largest absolute Gasteiger partial charge is 0.330 e. The lowest BCUT2D eigenvalue weighted by molar-refractivity contribution is 0.638. The predicted octanol–water partition coefficient (Wildman–Crippen LogP) is 1.79. The summed E-state index contributed by atoms with van der Waals surface area (Å²) in [7, 11) is 0. The van der Waals surface area contributed by atoms with E-state index in [1.165, 1.54) is 12.8 Å². The lowest BCUT2D eigenvalue weighted by Crippen LogP contribution is -1.98. The normalized spacial score (nSPS) is 41.0. The van der Waals surface area contributed by atoms with E-state index < -0.39 is 0 Å². The third-order valence-electron chi connectivity index (χ3n) is 2.19. The Kier molecular flexibility index (Phi) is 2.76. The SMILES string of the molecule is CC1C(I)C1CCCN. The Morgan fingerprint density at radius 3 is 2.44 bits per heavy atom. The molecule has 1 aliphatic rings. The molecule has 0 aromatic carbocycles. The van der Waals surface area contributed by atoms with Gasteiger partial charge in [0.2, 0.25) is 0 Å². The quantitative estimate of drug-likeness (QED) is 0.589. The molecule has 0 aromatic heterocycles. The second-order valence-corrected chi connectivity index (χ2v) is 4.34. The molecule has 1 rings (SSSR count). The van der Waals surface area contributed by atoms with E-state index in [-0.39, 0.29) is 0 Å². The van der Waals surface area contributed by atoms with Crippen LogP contribution in [0.15, 0.2) is 0 Å². The topological polar surface area (TPSA) is 26.0 Å². The van der Waals surface area contributed by atoms with Crippen molar-refractivity contribution < 1.29 is 0 Å². The van der Waals surface area contributed by atoms with Crippen molar-refractivity contribution in [2.24, 2.45) is 17.6 Å². The first-order valence-electron chi connectivity index (χ1n) is 3.61. The van der Waals surface area contributed by atoms with Gasteiger partial charge in [-0.25, -0.2) is 0 Å². The minimum Gasteiger partial charge on any atom is -0.330 e. The van der Waals surface area contributed by atoms with Crippen LogP contribution in [0.5, 0.6) is 0 Å². The summed E-state index contributed by atoms with van der Waals surface area (Å²) in [6.07, 6.45) is 2.57. The number of hydrogen-bond donors (Lipinski definition) is 1. The molecule has 3 unspecified atom stereocenters. The molecule has 54 valence electrons. The van der Waals surface area contributed by atoms with Crippen LogP contribution in [0.1, 0.15) is 19.8 Å². The van der Waals surface area contributed by atoms with Crippen molar-refractivity contribution in [2.75, 3.05) is 6.54 Å². The zero-order chi connectivity index (χ0) is 6.85. The summed E-state index contributed by atoms with van der Waals surface area (Å²) in [4.78, 5) is 0. The summed E-state index contributed by atoms with van der Waals surface area (Å²) in [5.41, 5.74) is 5.39. The average Bonchev–Trinajstić information content (AvgIpc) is 2.39. The molecule has 0 aliphatic heterocycles. The molecule has 1 fully saturated rings. The smallest absolute Gasteiger partial charge is 0.0169 e. The van der Waals surface area contributed by atoms with Crippen LogP contribution in [0.4, 0.5) is 0 Å². The number of nitrogens with two attached hydrogens (primary N) is 1. The van der Waals surface area contributed by atoms with Gasteiger partial charge in [-0.1, -0.05) is 29.5 Å². The molecule has 2 N–H and O–H groups in total. The number of rotatable bonds is 3. The molecule has 0 radical (unpaired) electrons. The van der Waals surface area contributed by atoms with Crippen LogP contribution in [0, 0.1) is 11.8 Å². The van der Waals surface area contributed by atoms with E-state index in [4.69, 9.17) is 5.73 Å². The summed E-state index contributed by atoms with van der Waals surface area (Å²) < 4.78 is 0.953. The van der Waals surface area contributed by atoms with Crippen LogP contribution in [0.2, 0.25) is 0 Å². The van der Waals surface area contributed by atoms with E-state index in [1.807, 2.05) is 0 Å². The fourth-order valence-electron chi connectivity index (χ4n) is 1.27. The van der Waals surface area contributed by atoms with Gasteiger partial charge in [-0.05, 0) is 31.2 Å². The van der Waals surface area contributed by atoms with E-state index >= 15 is 0 Å². The second kappa shape index (κ2) is 3.19. The standard InChI is InChI=1S/C7H14IN/c1-5-6(7(5)8)3-2-4-9/h5-7H,2-4,9H2,1H3. The van der Waals surface area contributed by atoms with Gasteiger partial charge in [-0.2, -0.15) is 0 Å². The highest BCUT2D eigenvalue weighted by Crippen LogP contribution is 2.47. The molecule has 0 heterocycles. The van der Waals surface area contributed by atoms with Crippen molar-refractivity contribution in [1.82, 2.24) is 0 Å². The van der Waals surface area contributed by atoms with Crippen molar-refractivity contribution in [3.8, 4) is 0 Å². The van der Waals surface area contributed by atoms with Crippen LogP contribution in [0.25, 0.3) is 0 Å². The lowest BCUT2D eigenvalue weighted by Gasteiger charge is -1.92. The molecule has 1 nitrogen and oxygen atoms in total. The highest BCUT2D eigenvalue weighted by Gasteiger charge is 2.43. The third-order valence-corrected chi connectivity index (χ3v) is 4.25. The van der Waals surface area contributed by atoms with Crippen molar-refractivity contribution in [3.63, 3.8) is 0 Å². The predicted molar refractivity (Wildman–Crippen MR) is 48.8 cm³/mol. The summed E-state index contributed by atoms with van der Waals surface area (Å²) >= 11 is 2.54. The summed E-state index contributed by atoms with van der Waals surface area (Å²) in [5, 5.41) is 0. The van der Waals surface area contributed by atoms with Gasteiger partial charge < -0.3 is 5.73 Å². The Balaban J connectivity index is 2.04. The Morgan fingerprint density at radius 2 is 2.11 bits per heavy atom. The molecular formula is C7H14IN. The summed E-state index contributed by atoms with van der Waals surface area (Å²) in [6.45, 7) is 3.20. The zero-order valence-electron chi connectivity index (χ0n) is 5.81. The minimum atomic E-state index is 0.868. The Bertz CT molecular complexity index is 86.9. The molecule has 1 aliphatic carbocycles.